The van der Waals surface area contributed by atoms with E-state index in [1.807, 2.05) is 0 Å². The highest BCUT2D eigenvalue weighted by atomic mass is 32.1. The summed E-state index contributed by atoms with van der Waals surface area (Å²) in [6.45, 7) is 0. The molecule has 0 fully saturated rings. The fourth-order valence-electron chi connectivity index (χ4n) is 1.36. The van der Waals surface area contributed by atoms with Crippen LogP contribution in [0.15, 0.2) is 23.6 Å². The maximum absolute atomic E-state index is 13.0. The lowest BCUT2D eigenvalue weighted by molar-refractivity contribution is -0.115. The van der Waals surface area contributed by atoms with E-state index in [0.717, 1.165) is 6.07 Å². The van der Waals surface area contributed by atoms with Crippen LogP contribution in [0, 0.1) is 5.82 Å². The number of carbonyl (C=O) groups is 1. The van der Waals surface area contributed by atoms with Crippen molar-refractivity contribution in [1.29, 1.82) is 0 Å². The molecule has 94 valence electrons. The summed E-state index contributed by atoms with van der Waals surface area (Å²) in [7, 11) is 0. The number of nitrogen functional groups attached to an aromatic ring is 1. The summed E-state index contributed by atoms with van der Waals surface area (Å²) < 4.78 is 13.0. The number of hydrogen-bond donors (Lipinski definition) is 3. The van der Waals surface area contributed by atoms with Crippen molar-refractivity contribution in [2.75, 3.05) is 11.1 Å². The van der Waals surface area contributed by atoms with Crippen LogP contribution in [0.25, 0.3) is 0 Å². The van der Waals surface area contributed by atoms with Crippen LogP contribution in [0.3, 0.4) is 0 Å². The highest BCUT2D eigenvalue weighted by molar-refractivity contribution is 7.13. The highest BCUT2D eigenvalue weighted by Gasteiger charge is 2.08. The normalized spacial score (nSPS) is 10.3. The Morgan fingerprint density at radius 3 is 2.94 bits per heavy atom. The van der Waals surface area contributed by atoms with Crippen molar-refractivity contribution in [2.45, 2.75) is 6.42 Å². The topological polar surface area (TPSA) is 88.2 Å². The molecule has 0 atom stereocenters. The van der Waals surface area contributed by atoms with E-state index in [2.05, 4.69) is 10.3 Å². The van der Waals surface area contributed by atoms with E-state index >= 15 is 0 Å². The van der Waals surface area contributed by atoms with Crippen molar-refractivity contribution in [3.05, 3.63) is 35.1 Å². The number of aromatic nitrogens is 1. The second-order valence-electron chi connectivity index (χ2n) is 3.57. The molecule has 5 nitrogen and oxygen atoms in total. The number of rotatable bonds is 3. The van der Waals surface area contributed by atoms with Gasteiger partial charge in [0.2, 0.25) is 5.91 Å². The SMILES string of the molecule is Nc1nc(CC(=O)Nc2ccc(O)c(F)c2)cs1. The van der Waals surface area contributed by atoms with Gasteiger partial charge in [-0.25, -0.2) is 9.37 Å². The van der Waals surface area contributed by atoms with Crippen LogP contribution < -0.4 is 11.1 Å². The van der Waals surface area contributed by atoms with Gasteiger partial charge in [-0.05, 0) is 12.1 Å². The van der Waals surface area contributed by atoms with Crippen molar-refractivity contribution < 1.29 is 14.3 Å². The molecule has 0 saturated heterocycles. The molecule has 0 unspecified atom stereocenters. The zero-order valence-corrected chi connectivity index (χ0v) is 10.00. The molecule has 1 amide bonds. The number of phenols is 1. The van der Waals surface area contributed by atoms with E-state index < -0.39 is 11.6 Å². The molecule has 0 spiro atoms. The van der Waals surface area contributed by atoms with Gasteiger partial charge in [-0.3, -0.25) is 4.79 Å². The second kappa shape index (κ2) is 5.01. The average Bonchev–Trinajstić information content (AvgIpc) is 2.69. The fourth-order valence-corrected chi connectivity index (χ4v) is 1.92. The van der Waals surface area contributed by atoms with Gasteiger partial charge >= 0.3 is 0 Å². The summed E-state index contributed by atoms with van der Waals surface area (Å²) >= 11 is 1.25. The quantitative estimate of drug-likeness (QED) is 0.739. The van der Waals surface area contributed by atoms with Crippen molar-refractivity contribution in [3.63, 3.8) is 0 Å². The molecule has 2 aromatic rings. The first-order valence-electron chi connectivity index (χ1n) is 5.03. The number of phenolic OH excluding ortho intramolecular Hbond substituents is 1. The van der Waals surface area contributed by atoms with Gasteiger partial charge < -0.3 is 16.2 Å². The second-order valence-corrected chi connectivity index (χ2v) is 4.46. The Hall–Kier alpha value is -2.15. The van der Waals surface area contributed by atoms with Crippen molar-refractivity contribution in [2.24, 2.45) is 0 Å². The number of nitrogens with two attached hydrogens (primary N) is 1. The molecular weight excluding hydrogens is 257 g/mol. The molecule has 7 heteroatoms. The zero-order valence-electron chi connectivity index (χ0n) is 9.18. The summed E-state index contributed by atoms with van der Waals surface area (Å²) in [4.78, 5) is 15.6. The Kier molecular flexibility index (Phi) is 3.42. The Labute approximate surface area is 106 Å². The minimum Gasteiger partial charge on any atom is -0.505 e. The van der Waals surface area contributed by atoms with Crippen LogP contribution in [0.1, 0.15) is 5.69 Å². The number of halogens is 1. The van der Waals surface area contributed by atoms with E-state index in [1.54, 1.807) is 5.38 Å². The third-order valence-corrected chi connectivity index (χ3v) is 2.87. The van der Waals surface area contributed by atoms with E-state index in [0.29, 0.717) is 10.8 Å². The Balaban J connectivity index is 2.00. The molecule has 0 aliphatic carbocycles. The first-order valence-corrected chi connectivity index (χ1v) is 5.91. The van der Waals surface area contributed by atoms with Gasteiger partial charge in [0.15, 0.2) is 16.7 Å². The smallest absolute Gasteiger partial charge is 0.230 e. The van der Waals surface area contributed by atoms with Gasteiger partial charge in [0, 0.05) is 17.1 Å². The Morgan fingerprint density at radius 2 is 2.33 bits per heavy atom. The van der Waals surface area contributed by atoms with Crippen LogP contribution >= 0.6 is 11.3 Å². The van der Waals surface area contributed by atoms with Crippen molar-refractivity contribution in [1.82, 2.24) is 4.98 Å². The number of benzene rings is 1. The number of hydrogen-bond acceptors (Lipinski definition) is 5. The highest BCUT2D eigenvalue weighted by Crippen LogP contribution is 2.19. The lowest BCUT2D eigenvalue weighted by Gasteiger charge is -2.04. The van der Waals surface area contributed by atoms with Crippen LogP contribution in [0.2, 0.25) is 0 Å². The molecule has 4 N–H and O–H groups in total. The minimum absolute atomic E-state index is 0.0657. The van der Waals surface area contributed by atoms with Gasteiger partial charge in [0.05, 0.1) is 12.1 Å². The van der Waals surface area contributed by atoms with Crippen LogP contribution in [-0.2, 0) is 11.2 Å². The molecule has 0 aliphatic heterocycles. The predicted molar refractivity (Wildman–Crippen MR) is 66.9 cm³/mol. The molecule has 1 aromatic carbocycles. The molecule has 18 heavy (non-hydrogen) atoms. The van der Waals surface area contributed by atoms with Gasteiger partial charge in [0.25, 0.3) is 0 Å². The van der Waals surface area contributed by atoms with E-state index in [1.165, 1.54) is 23.5 Å². The molecule has 2 rings (SSSR count). The summed E-state index contributed by atoms with van der Waals surface area (Å²) in [5.74, 6) is -1.57. The minimum atomic E-state index is -0.786. The van der Waals surface area contributed by atoms with Gasteiger partial charge in [-0.1, -0.05) is 0 Å². The number of amides is 1. The van der Waals surface area contributed by atoms with Gasteiger partial charge in [-0.2, -0.15) is 0 Å². The maximum Gasteiger partial charge on any atom is 0.230 e. The summed E-state index contributed by atoms with van der Waals surface area (Å²) in [5.41, 5.74) is 6.28. The maximum atomic E-state index is 13.0. The molecular formula is C11H10FN3O2S. The Morgan fingerprint density at radius 1 is 1.56 bits per heavy atom. The zero-order chi connectivity index (χ0) is 13.1. The predicted octanol–water partition coefficient (Wildman–Crippen LogP) is 1.75. The van der Waals surface area contributed by atoms with E-state index in [4.69, 9.17) is 10.8 Å². The molecule has 0 saturated carbocycles. The number of carbonyl (C=O) groups excluding carboxylic acids is 1. The lowest BCUT2D eigenvalue weighted by atomic mass is 10.2. The fraction of sp³-hybridized carbons (Fsp3) is 0.0909. The first kappa shape index (κ1) is 12.3. The number of nitrogens with zero attached hydrogens (tertiary/aromatic N) is 1. The van der Waals surface area contributed by atoms with E-state index in [9.17, 15) is 9.18 Å². The standard InChI is InChI=1S/C11H10FN3O2S/c12-8-3-6(1-2-9(8)16)14-10(17)4-7-5-18-11(13)15-7/h1-3,5,16H,4H2,(H2,13,15)(H,14,17). The average molecular weight is 267 g/mol. The number of nitrogens with one attached hydrogen (secondary N) is 1. The summed E-state index contributed by atoms with van der Waals surface area (Å²) in [6.07, 6.45) is 0.0657. The van der Waals surface area contributed by atoms with E-state index in [-0.39, 0.29) is 18.0 Å². The third-order valence-electron chi connectivity index (χ3n) is 2.14. The number of thiazole rings is 1. The largest absolute Gasteiger partial charge is 0.505 e. The van der Waals surface area contributed by atoms with Crippen molar-refractivity contribution in [3.8, 4) is 5.75 Å². The van der Waals surface area contributed by atoms with Crippen LogP contribution in [0.4, 0.5) is 15.2 Å². The summed E-state index contributed by atoms with van der Waals surface area (Å²) in [6, 6.07) is 3.63. The number of aromatic hydroxyl groups is 1. The summed E-state index contributed by atoms with van der Waals surface area (Å²) in [5, 5.41) is 13.6. The van der Waals surface area contributed by atoms with Crippen LogP contribution in [-0.4, -0.2) is 16.0 Å². The molecule has 1 heterocycles. The molecule has 1 aromatic heterocycles. The first-order chi connectivity index (χ1) is 8.54. The lowest BCUT2D eigenvalue weighted by Crippen LogP contribution is -2.14. The Bertz CT molecular complexity index is 585. The number of anilines is 2. The van der Waals surface area contributed by atoms with Gasteiger partial charge in [0.1, 0.15) is 0 Å². The molecule has 0 radical (unpaired) electrons. The van der Waals surface area contributed by atoms with Gasteiger partial charge in [-0.15, -0.1) is 11.3 Å². The monoisotopic (exact) mass is 267 g/mol. The molecule has 0 bridgehead atoms. The molecule has 0 aliphatic rings. The third kappa shape index (κ3) is 2.95. The van der Waals surface area contributed by atoms with Crippen molar-refractivity contribution >= 4 is 28.1 Å². The van der Waals surface area contributed by atoms with Crippen LogP contribution in [0.5, 0.6) is 5.75 Å².